The Balaban J connectivity index is 1.55. The molecule has 0 fully saturated rings. The molecule has 0 unspecified atom stereocenters. The highest BCUT2D eigenvalue weighted by molar-refractivity contribution is 5.92. The molecule has 2 aromatic heterocycles. The molecule has 0 amide bonds. The van der Waals surface area contributed by atoms with E-state index in [1.54, 1.807) is 0 Å². The molecule has 0 saturated heterocycles. The second kappa shape index (κ2) is 7.91. The first-order valence-corrected chi connectivity index (χ1v) is 8.78. The Morgan fingerprint density at radius 3 is 2.73 bits per heavy atom. The highest BCUT2D eigenvalue weighted by Gasteiger charge is 2.03. The Hall–Kier alpha value is -3.02. The lowest BCUT2D eigenvalue weighted by molar-refractivity contribution is 0.242. The molecule has 0 aliphatic rings. The van der Waals surface area contributed by atoms with E-state index in [1.807, 2.05) is 61.0 Å². The lowest BCUT2D eigenvalue weighted by atomic mass is 10.3. The maximum absolute atomic E-state index is 5.97. The highest BCUT2D eigenvalue weighted by Crippen LogP contribution is 2.16. The van der Waals surface area contributed by atoms with E-state index in [2.05, 4.69) is 28.3 Å². The van der Waals surface area contributed by atoms with Crippen LogP contribution in [-0.4, -0.2) is 28.0 Å². The standard InChI is InChI=1S/C20H25N5O/c1-14(2)26-18-8-6-16(7-9-18)24-20(21)22-11-10-17-13-25-12-4-5-15(3)19(25)23-17/h4-9,12-14H,10-11H2,1-3H3,(H3,21,22,24). The summed E-state index contributed by atoms with van der Waals surface area (Å²) in [6.45, 7) is 6.64. The van der Waals surface area contributed by atoms with Gasteiger partial charge in [0.1, 0.15) is 11.4 Å². The number of nitrogens with zero attached hydrogens (tertiary/aromatic N) is 3. The number of rotatable bonds is 6. The smallest absolute Gasteiger partial charge is 0.193 e. The molecule has 136 valence electrons. The van der Waals surface area contributed by atoms with Gasteiger partial charge in [-0.05, 0) is 56.7 Å². The van der Waals surface area contributed by atoms with Crippen molar-refractivity contribution >= 4 is 17.3 Å². The summed E-state index contributed by atoms with van der Waals surface area (Å²) in [5, 5.41) is 3.09. The van der Waals surface area contributed by atoms with Crippen molar-refractivity contribution < 1.29 is 4.74 Å². The van der Waals surface area contributed by atoms with E-state index in [4.69, 9.17) is 10.5 Å². The summed E-state index contributed by atoms with van der Waals surface area (Å²) in [6.07, 6.45) is 4.94. The van der Waals surface area contributed by atoms with Crippen LogP contribution in [0.1, 0.15) is 25.1 Å². The van der Waals surface area contributed by atoms with Gasteiger partial charge in [0.25, 0.3) is 0 Å². The molecule has 0 aliphatic carbocycles. The van der Waals surface area contributed by atoms with E-state index in [9.17, 15) is 0 Å². The molecule has 6 heteroatoms. The number of imidazole rings is 1. The summed E-state index contributed by atoms with van der Waals surface area (Å²) in [4.78, 5) is 9.03. The first-order valence-electron chi connectivity index (χ1n) is 8.78. The van der Waals surface area contributed by atoms with Crippen molar-refractivity contribution in [2.75, 3.05) is 11.9 Å². The Labute approximate surface area is 153 Å². The Morgan fingerprint density at radius 1 is 1.27 bits per heavy atom. The molecule has 2 heterocycles. The van der Waals surface area contributed by atoms with Crippen LogP contribution in [0.25, 0.3) is 5.65 Å². The summed E-state index contributed by atoms with van der Waals surface area (Å²) in [7, 11) is 0. The molecular weight excluding hydrogens is 326 g/mol. The molecular formula is C20H25N5O. The quantitative estimate of drug-likeness (QED) is 0.527. The largest absolute Gasteiger partial charge is 0.491 e. The lowest BCUT2D eigenvalue weighted by Gasteiger charge is -2.10. The number of nitrogens with two attached hydrogens (primary N) is 1. The topological polar surface area (TPSA) is 76.9 Å². The van der Waals surface area contributed by atoms with Crippen molar-refractivity contribution in [1.82, 2.24) is 9.38 Å². The Kier molecular flexibility index (Phi) is 5.41. The molecule has 0 radical (unpaired) electrons. The minimum atomic E-state index is 0.156. The Bertz CT molecular complexity index is 896. The maximum atomic E-state index is 5.97. The number of ether oxygens (including phenoxy) is 1. The number of anilines is 1. The van der Waals surface area contributed by atoms with E-state index < -0.39 is 0 Å². The predicted molar refractivity (Wildman–Crippen MR) is 106 cm³/mol. The maximum Gasteiger partial charge on any atom is 0.193 e. The van der Waals surface area contributed by atoms with Crippen molar-refractivity contribution in [2.45, 2.75) is 33.3 Å². The average molecular weight is 351 g/mol. The van der Waals surface area contributed by atoms with Crippen molar-refractivity contribution in [3.05, 3.63) is 60.0 Å². The molecule has 0 spiro atoms. The van der Waals surface area contributed by atoms with Crippen LogP contribution in [-0.2, 0) is 6.42 Å². The number of aryl methyl sites for hydroxylation is 1. The van der Waals surface area contributed by atoms with Crippen LogP contribution in [0.5, 0.6) is 5.75 Å². The molecule has 3 aromatic rings. The van der Waals surface area contributed by atoms with Crippen molar-refractivity contribution in [1.29, 1.82) is 0 Å². The van der Waals surface area contributed by atoms with Crippen LogP contribution < -0.4 is 15.8 Å². The average Bonchev–Trinajstić information content (AvgIpc) is 3.00. The van der Waals surface area contributed by atoms with E-state index in [-0.39, 0.29) is 6.10 Å². The zero-order chi connectivity index (χ0) is 18.5. The number of guanidine groups is 1. The number of aromatic nitrogens is 2. The monoisotopic (exact) mass is 351 g/mol. The summed E-state index contributed by atoms with van der Waals surface area (Å²) < 4.78 is 7.66. The predicted octanol–water partition coefficient (Wildman–Crippen LogP) is 3.40. The molecule has 6 nitrogen and oxygen atoms in total. The van der Waals surface area contributed by atoms with Crippen LogP contribution >= 0.6 is 0 Å². The van der Waals surface area contributed by atoms with E-state index >= 15 is 0 Å². The van der Waals surface area contributed by atoms with E-state index in [1.165, 1.54) is 0 Å². The van der Waals surface area contributed by atoms with Crippen molar-refractivity contribution in [3.8, 4) is 5.75 Å². The summed E-state index contributed by atoms with van der Waals surface area (Å²) in [5.74, 6) is 1.23. The van der Waals surface area contributed by atoms with Crippen LogP contribution in [0, 0.1) is 6.92 Å². The van der Waals surface area contributed by atoms with E-state index in [0.717, 1.165) is 34.8 Å². The van der Waals surface area contributed by atoms with Gasteiger partial charge in [0.2, 0.25) is 0 Å². The molecule has 3 N–H and O–H groups in total. The third kappa shape index (κ3) is 4.53. The van der Waals surface area contributed by atoms with Gasteiger partial charge in [-0.15, -0.1) is 0 Å². The SMILES string of the molecule is Cc1cccn2cc(CCN=C(N)Nc3ccc(OC(C)C)cc3)nc12. The van der Waals surface area contributed by atoms with Crippen LogP contribution in [0.15, 0.2) is 53.8 Å². The lowest BCUT2D eigenvalue weighted by Crippen LogP contribution is -2.23. The van der Waals surface area contributed by atoms with Gasteiger partial charge < -0.3 is 20.2 Å². The Morgan fingerprint density at radius 2 is 2.04 bits per heavy atom. The van der Waals surface area contributed by atoms with Gasteiger partial charge in [0, 0.05) is 31.0 Å². The second-order valence-electron chi connectivity index (χ2n) is 6.49. The summed E-state index contributed by atoms with van der Waals surface area (Å²) in [5.41, 5.74) is 10.0. The summed E-state index contributed by atoms with van der Waals surface area (Å²) in [6, 6.07) is 11.7. The fourth-order valence-corrected chi connectivity index (χ4v) is 2.69. The third-order valence-electron chi connectivity index (χ3n) is 3.88. The number of pyridine rings is 1. The fraction of sp³-hybridized carbons (Fsp3) is 0.300. The second-order valence-corrected chi connectivity index (χ2v) is 6.49. The first kappa shape index (κ1) is 17.8. The minimum absolute atomic E-state index is 0.156. The number of fused-ring (bicyclic) bond motifs is 1. The van der Waals surface area contributed by atoms with Crippen LogP contribution in [0.4, 0.5) is 5.69 Å². The van der Waals surface area contributed by atoms with Gasteiger partial charge in [-0.25, -0.2) is 4.98 Å². The summed E-state index contributed by atoms with van der Waals surface area (Å²) >= 11 is 0. The van der Waals surface area contributed by atoms with Crippen molar-refractivity contribution in [2.24, 2.45) is 10.7 Å². The van der Waals surface area contributed by atoms with Gasteiger partial charge in [-0.2, -0.15) is 0 Å². The third-order valence-corrected chi connectivity index (χ3v) is 3.88. The van der Waals surface area contributed by atoms with Gasteiger partial charge >= 0.3 is 0 Å². The zero-order valence-corrected chi connectivity index (χ0v) is 15.4. The van der Waals surface area contributed by atoms with Gasteiger partial charge in [-0.1, -0.05) is 6.07 Å². The van der Waals surface area contributed by atoms with Crippen LogP contribution in [0.3, 0.4) is 0 Å². The molecule has 0 bridgehead atoms. The normalized spacial score (nSPS) is 11.9. The fourth-order valence-electron chi connectivity index (χ4n) is 2.69. The van der Waals surface area contributed by atoms with Gasteiger partial charge in [0.15, 0.2) is 5.96 Å². The molecule has 0 atom stereocenters. The number of nitrogens with one attached hydrogen (secondary N) is 1. The van der Waals surface area contributed by atoms with Gasteiger partial charge in [0.05, 0.1) is 11.8 Å². The molecule has 0 aliphatic heterocycles. The minimum Gasteiger partial charge on any atom is -0.491 e. The number of hydrogen-bond acceptors (Lipinski definition) is 3. The molecule has 1 aromatic carbocycles. The highest BCUT2D eigenvalue weighted by atomic mass is 16.5. The first-order chi connectivity index (χ1) is 12.5. The van der Waals surface area contributed by atoms with Gasteiger partial charge in [-0.3, -0.25) is 4.99 Å². The van der Waals surface area contributed by atoms with Crippen LogP contribution in [0.2, 0.25) is 0 Å². The molecule has 0 saturated carbocycles. The number of hydrogen-bond donors (Lipinski definition) is 2. The zero-order valence-electron chi connectivity index (χ0n) is 15.4. The number of benzene rings is 1. The molecule has 26 heavy (non-hydrogen) atoms. The number of aliphatic imine (C=N–C) groups is 1. The molecule has 3 rings (SSSR count). The van der Waals surface area contributed by atoms with E-state index in [0.29, 0.717) is 12.5 Å². The van der Waals surface area contributed by atoms with Crippen molar-refractivity contribution in [3.63, 3.8) is 0 Å².